The van der Waals surface area contributed by atoms with Gasteiger partial charge in [0, 0.05) is 6.04 Å². The number of phenols is 2. The second-order valence-corrected chi connectivity index (χ2v) is 4.22. The monoisotopic (exact) mass is 223 g/mol. The molecule has 1 unspecified atom stereocenters. The first-order chi connectivity index (χ1) is 7.63. The number of benzene rings is 1. The number of nitrogens with one attached hydrogen (secondary N) is 1. The number of rotatable bonds is 6. The summed E-state index contributed by atoms with van der Waals surface area (Å²) in [6.07, 6.45) is 3.08. The van der Waals surface area contributed by atoms with E-state index in [4.69, 9.17) is 0 Å². The average molecular weight is 223 g/mol. The second kappa shape index (κ2) is 6.38. The summed E-state index contributed by atoms with van der Waals surface area (Å²) in [7, 11) is 0. The van der Waals surface area contributed by atoms with Gasteiger partial charge in [0.2, 0.25) is 0 Å². The van der Waals surface area contributed by atoms with Gasteiger partial charge in [0.1, 0.15) is 0 Å². The third-order valence-electron chi connectivity index (χ3n) is 2.65. The fourth-order valence-corrected chi connectivity index (χ4v) is 1.60. The highest BCUT2D eigenvalue weighted by molar-refractivity contribution is 5.40. The van der Waals surface area contributed by atoms with Crippen LogP contribution in [0.1, 0.15) is 32.3 Å². The molecule has 0 aliphatic heterocycles. The number of aryl methyl sites for hydroxylation is 1. The zero-order valence-corrected chi connectivity index (χ0v) is 10.0. The van der Waals surface area contributed by atoms with Crippen molar-refractivity contribution in [2.75, 3.05) is 6.54 Å². The summed E-state index contributed by atoms with van der Waals surface area (Å²) < 4.78 is 0. The van der Waals surface area contributed by atoms with Gasteiger partial charge in [-0.2, -0.15) is 0 Å². The lowest BCUT2D eigenvalue weighted by atomic mass is 10.1. The summed E-state index contributed by atoms with van der Waals surface area (Å²) in [6, 6.07) is 5.49. The lowest BCUT2D eigenvalue weighted by molar-refractivity contribution is 0.403. The first-order valence-corrected chi connectivity index (χ1v) is 5.87. The molecule has 16 heavy (non-hydrogen) atoms. The van der Waals surface area contributed by atoms with E-state index in [1.807, 2.05) is 6.07 Å². The highest BCUT2D eigenvalue weighted by Crippen LogP contribution is 2.25. The Balaban J connectivity index is 2.39. The largest absolute Gasteiger partial charge is 0.504 e. The zero-order chi connectivity index (χ0) is 12.0. The van der Waals surface area contributed by atoms with Gasteiger partial charge in [-0.1, -0.05) is 13.0 Å². The van der Waals surface area contributed by atoms with Crippen LogP contribution >= 0.6 is 0 Å². The Morgan fingerprint density at radius 3 is 2.62 bits per heavy atom. The van der Waals surface area contributed by atoms with E-state index in [-0.39, 0.29) is 11.5 Å². The van der Waals surface area contributed by atoms with Crippen LogP contribution < -0.4 is 5.32 Å². The van der Waals surface area contributed by atoms with E-state index in [0.29, 0.717) is 6.04 Å². The van der Waals surface area contributed by atoms with Gasteiger partial charge in [-0.3, -0.25) is 0 Å². The molecule has 3 nitrogen and oxygen atoms in total. The summed E-state index contributed by atoms with van der Waals surface area (Å²) in [5.41, 5.74) is 1.06. The summed E-state index contributed by atoms with van der Waals surface area (Å²) in [5.74, 6) is -0.0902. The Hall–Kier alpha value is -1.22. The van der Waals surface area contributed by atoms with Crippen molar-refractivity contribution in [2.24, 2.45) is 0 Å². The van der Waals surface area contributed by atoms with E-state index < -0.39 is 0 Å². The predicted molar refractivity (Wildman–Crippen MR) is 65.8 cm³/mol. The molecule has 1 atom stereocenters. The molecular formula is C13H21NO2. The third kappa shape index (κ3) is 4.11. The summed E-state index contributed by atoms with van der Waals surface area (Å²) in [5, 5.41) is 21.9. The summed E-state index contributed by atoms with van der Waals surface area (Å²) in [4.78, 5) is 0. The molecule has 3 heteroatoms. The van der Waals surface area contributed by atoms with Crippen molar-refractivity contribution in [3.05, 3.63) is 23.8 Å². The van der Waals surface area contributed by atoms with E-state index in [0.717, 1.165) is 31.4 Å². The maximum atomic E-state index is 9.34. The molecular weight excluding hydrogens is 202 g/mol. The Bertz CT molecular complexity index is 326. The predicted octanol–water partition coefficient (Wildman–Crippen LogP) is 2.42. The molecule has 0 heterocycles. The van der Waals surface area contributed by atoms with Crippen LogP contribution in [0.5, 0.6) is 11.5 Å². The molecule has 1 aromatic rings. The molecule has 0 bridgehead atoms. The van der Waals surface area contributed by atoms with E-state index in [1.165, 1.54) is 6.07 Å². The van der Waals surface area contributed by atoms with Gasteiger partial charge in [0.05, 0.1) is 0 Å². The van der Waals surface area contributed by atoms with Crippen LogP contribution in [0, 0.1) is 0 Å². The molecule has 3 N–H and O–H groups in total. The van der Waals surface area contributed by atoms with Gasteiger partial charge in [-0.05, 0) is 50.4 Å². The SMILES string of the molecule is CCCNC(C)CCc1ccc(O)c(O)c1. The smallest absolute Gasteiger partial charge is 0.157 e. The number of phenolic OH excluding ortho intramolecular Hbond substituents is 2. The molecule has 0 fully saturated rings. The van der Waals surface area contributed by atoms with Gasteiger partial charge in [-0.15, -0.1) is 0 Å². The van der Waals surface area contributed by atoms with Crippen LogP contribution in [0.3, 0.4) is 0 Å². The zero-order valence-electron chi connectivity index (χ0n) is 10.0. The fourth-order valence-electron chi connectivity index (χ4n) is 1.60. The molecule has 0 aliphatic rings. The first-order valence-electron chi connectivity index (χ1n) is 5.87. The van der Waals surface area contributed by atoms with Gasteiger partial charge in [0.15, 0.2) is 11.5 Å². The Morgan fingerprint density at radius 2 is 2.00 bits per heavy atom. The van der Waals surface area contributed by atoms with Gasteiger partial charge in [0.25, 0.3) is 0 Å². The van der Waals surface area contributed by atoms with Gasteiger partial charge < -0.3 is 15.5 Å². The molecule has 90 valence electrons. The van der Waals surface area contributed by atoms with Crippen molar-refractivity contribution in [3.8, 4) is 11.5 Å². The Labute approximate surface area is 97.1 Å². The van der Waals surface area contributed by atoms with Crippen molar-refractivity contribution in [1.29, 1.82) is 0 Å². The summed E-state index contributed by atoms with van der Waals surface area (Å²) >= 11 is 0. The molecule has 0 radical (unpaired) electrons. The van der Waals surface area contributed by atoms with Gasteiger partial charge >= 0.3 is 0 Å². The molecule has 1 aromatic carbocycles. The molecule has 1 rings (SSSR count). The molecule has 0 saturated heterocycles. The van der Waals surface area contributed by atoms with Gasteiger partial charge in [-0.25, -0.2) is 0 Å². The molecule has 0 amide bonds. The first kappa shape index (κ1) is 12.8. The average Bonchev–Trinajstić information content (AvgIpc) is 2.28. The Kier molecular flexibility index (Phi) is 5.12. The van der Waals surface area contributed by atoms with Crippen LogP contribution in [0.4, 0.5) is 0 Å². The second-order valence-electron chi connectivity index (χ2n) is 4.22. The van der Waals surface area contributed by atoms with Crippen molar-refractivity contribution < 1.29 is 10.2 Å². The highest BCUT2D eigenvalue weighted by Gasteiger charge is 2.04. The molecule has 0 aromatic heterocycles. The lowest BCUT2D eigenvalue weighted by Gasteiger charge is -2.13. The van der Waals surface area contributed by atoms with E-state index >= 15 is 0 Å². The van der Waals surface area contributed by atoms with Crippen LogP contribution in [0.15, 0.2) is 18.2 Å². The minimum absolute atomic E-state index is 0.0355. The maximum Gasteiger partial charge on any atom is 0.157 e. The van der Waals surface area contributed by atoms with Crippen LogP contribution in [0.25, 0.3) is 0 Å². The minimum atomic E-state index is -0.0547. The topological polar surface area (TPSA) is 52.5 Å². The lowest BCUT2D eigenvalue weighted by Crippen LogP contribution is -2.27. The number of hydrogen-bond acceptors (Lipinski definition) is 3. The highest BCUT2D eigenvalue weighted by atomic mass is 16.3. The van der Waals surface area contributed by atoms with Crippen LogP contribution in [0.2, 0.25) is 0 Å². The fraction of sp³-hybridized carbons (Fsp3) is 0.538. The maximum absolute atomic E-state index is 9.34. The normalized spacial score (nSPS) is 12.6. The Morgan fingerprint density at radius 1 is 1.25 bits per heavy atom. The molecule has 0 spiro atoms. The van der Waals surface area contributed by atoms with Crippen LogP contribution in [-0.2, 0) is 6.42 Å². The number of aromatic hydroxyl groups is 2. The van der Waals surface area contributed by atoms with E-state index in [9.17, 15) is 10.2 Å². The van der Waals surface area contributed by atoms with E-state index in [1.54, 1.807) is 6.07 Å². The van der Waals surface area contributed by atoms with Crippen molar-refractivity contribution in [1.82, 2.24) is 5.32 Å². The summed E-state index contributed by atoms with van der Waals surface area (Å²) in [6.45, 7) is 5.36. The van der Waals surface area contributed by atoms with Crippen LogP contribution in [-0.4, -0.2) is 22.8 Å². The van der Waals surface area contributed by atoms with Crippen molar-refractivity contribution in [2.45, 2.75) is 39.2 Å². The quantitative estimate of drug-likeness (QED) is 0.649. The van der Waals surface area contributed by atoms with Crippen molar-refractivity contribution in [3.63, 3.8) is 0 Å². The standard InChI is InChI=1S/C13H21NO2/c1-3-8-14-10(2)4-5-11-6-7-12(15)13(16)9-11/h6-7,9-10,14-16H,3-5,8H2,1-2H3. The number of hydrogen-bond donors (Lipinski definition) is 3. The molecule has 0 aliphatic carbocycles. The van der Waals surface area contributed by atoms with E-state index in [2.05, 4.69) is 19.2 Å². The molecule has 0 saturated carbocycles. The van der Waals surface area contributed by atoms with Crippen molar-refractivity contribution >= 4 is 0 Å². The minimum Gasteiger partial charge on any atom is -0.504 e. The third-order valence-corrected chi connectivity index (χ3v) is 2.65.